The quantitative estimate of drug-likeness (QED) is 0.473. The van der Waals surface area contributed by atoms with Crippen LogP contribution in [0, 0.1) is 12.7 Å². The summed E-state index contributed by atoms with van der Waals surface area (Å²) < 4.78 is 24.9. The minimum atomic E-state index is -0.499. The molecule has 1 amide bonds. The van der Waals surface area contributed by atoms with E-state index in [1.54, 1.807) is 0 Å². The predicted molar refractivity (Wildman–Crippen MR) is 132 cm³/mol. The average Bonchev–Trinajstić information content (AvgIpc) is 3.52. The van der Waals surface area contributed by atoms with Gasteiger partial charge in [-0.1, -0.05) is 42.0 Å². The molecule has 2 saturated heterocycles. The van der Waals surface area contributed by atoms with Crippen LogP contribution in [-0.4, -0.2) is 52.8 Å². The van der Waals surface area contributed by atoms with E-state index in [2.05, 4.69) is 41.1 Å². The van der Waals surface area contributed by atoms with E-state index in [0.717, 1.165) is 17.1 Å². The lowest BCUT2D eigenvalue weighted by Gasteiger charge is -2.37. The monoisotopic (exact) mass is 495 g/mol. The Bertz CT molecular complexity index is 1090. The average molecular weight is 496 g/mol. The van der Waals surface area contributed by atoms with Crippen LogP contribution in [0.2, 0.25) is 0 Å². The van der Waals surface area contributed by atoms with E-state index < -0.39 is 5.79 Å². The molecule has 3 aromatic rings. The van der Waals surface area contributed by atoms with Gasteiger partial charge in [-0.15, -0.1) is 11.3 Å². The summed E-state index contributed by atoms with van der Waals surface area (Å²) in [6.45, 7) is 6.53. The van der Waals surface area contributed by atoms with Gasteiger partial charge in [0.1, 0.15) is 16.5 Å². The molecule has 2 fully saturated rings. The number of nitrogens with zero attached hydrogens (tertiary/aromatic N) is 3. The molecule has 2 aromatic carbocycles. The largest absolute Gasteiger partial charge is 0.347 e. The van der Waals surface area contributed by atoms with E-state index in [4.69, 9.17) is 9.47 Å². The van der Waals surface area contributed by atoms with E-state index in [0.29, 0.717) is 57.9 Å². The third-order valence-electron chi connectivity index (χ3n) is 6.60. The molecular weight excluding hydrogens is 465 g/mol. The van der Waals surface area contributed by atoms with Crippen molar-refractivity contribution < 1.29 is 18.7 Å². The molecule has 35 heavy (non-hydrogen) atoms. The van der Waals surface area contributed by atoms with Crippen molar-refractivity contribution >= 4 is 17.2 Å². The summed E-state index contributed by atoms with van der Waals surface area (Å²) in [5, 5.41) is 2.74. The summed E-state index contributed by atoms with van der Waals surface area (Å²) in [6.07, 6.45) is 1.38. The third kappa shape index (κ3) is 5.95. The summed E-state index contributed by atoms with van der Waals surface area (Å²) in [5.74, 6) is -0.776. The van der Waals surface area contributed by atoms with E-state index in [-0.39, 0.29) is 11.7 Å². The van der Waals surface area contributed by atoms with Crippen molar-refractivity contribution in [2.24, 2.45) is 0 Å². The minimum absolute atomic E-state index is 0.0380. The highest BCUT2D eigenvalue weighted by molar-refractivity contribution is 7.09. The Morgan fingerprint density at radius 2 is 1.60 bits per heavy atom. The number of carbonyl (C=O) groups excluding carboxylic acids is 1. The number of thiazole rings is 1. The fraction of sp³-hybridized carbons (Fsp3) is 0.407. The number of aromatic nitrogens is 1. The lowest BCUT2D eigenvalue weighted by Crippen LogP contribution is -2.47. The van der Waals surface area contributed by atoms with Crippen LogP contribution in [0.5, 0.6) is 0 Å². The molecule has 0 unspecified atom stereocenters. The van der Waals surface area contributed by atoms with Crippen LogP contribution in [0.25, 0.3) is 0 Å². The van der Waals surface area contributed by atoms with Gasteiger partial charge in [0.2, 0.25) is 0 Å². The number of ether oxygens (including phenoxy) is 2. The summed E-state index contributed by atoms with van der Waals surface area (Å²) in [4.78, 5) is 21.9. The standard InChI is InChI=1S/C27H30FN3O3S/c1-20-2-4-21(5-3-20)16-30(17-22-6-8-23(28)9-7-22)18-25-29-24(19-35-25)26(32)31-12-10-27(11-13-31)33-14-15-34-27/h2-9,19H,10-18H2,1H3. The van der Waals surface area contributed by atoms with Crippen LogP contribution in [0.15, 0.2) is 53.9 Å². The first-order chi connectivity index (χ1) is 17.0. The smallest absolute Gasteiger partial charge is 0.273 e. The molecule has 1 spiro atoms. The lowest BCUT2D eigenvalue weighted by atomic mass is 10.0. The van der Waals surface area contributed by atoms with Gasteiger partial charge >= 0.3 is 0 Å². The summed E-state index contributed by atoms with van der Waals surface area (Å²) >= 11 is 1.51. The van der Waals surface area contributed by atoms with Crippen LogP contribution < -0.4 is 0 Å². The molecule has 2 aliphatic heterocycles. The molecule has 5 rings (SSSR count). The fourth-order valence-corrected chi connectivity index (χ4v) is 5.45. The number of likely N-dealkylation sites (tertiary alicyclic amines) is 1. The van der Waals surface area contributed by atoms with E-state index >= 15 is 0 Å². The zero-order valence-corrected chi connectivity index (χ0v) is 20.7. The van der Waals surface area contributed by atoms with Crippen LogP contribution in [0.4, 0.5) is 4.39 Å². The number of hydrogen-bond donors (Lipinski definition) is 0. The Morgan fingerprint density at radius 3 is 2.23 bits per heavy atom. The van der Waals surface area contributed by atoms with Crippen molar-refractivity contribution in [3.63, 3.8) is 0 Å². The summed E-state index contributed by atoms with van der Waals surface area (Å²) in [5.41, 5.74) is 3.94. The van der Waals surface area contributed by atoms with Gasteiger partial charge in [-0.3, -0.25) is 9.69 Å². The second kappa shape index (κ2) is 10.5. The Balaban J connectivity index is 1.25. The molecule has 0 bridgehead atoms. The van der Waals surface area contributed by atoms with Crippen molar-refractivity contribution in [1.29, 1.82) is 0 Å². The van der Waals surface area contributed by atoms with Crippen molar-refractivity contribution in [3.05, 3.63) is 87.1 Å². The fourth-order valence-electron chi connectivity index (χ4n) is 4.64. The van der Waals surface area contributed by atoms with Crippen LogP contribution >= 0.6 is 11.3 Å². The molecule has 0 atom stereocenters. The Labute approximate surface area is 209 Å². The van der Waals surface area contributed by atoms with Crippen molar-refractivity contribution in [2.75, 3.05) is 26.3 Å². The summed E-state index contributed by atoms with van der Waals surface area (Å²) in [6, 6.07) is 15.1. The zero-order chi connectivity index (χ0) is 24.3. The molecule has 3 heterocycles. The van der Waals surface area contributed by atoms with Gasteiger partial charge in [0.15, 0.2) is 5.79 Å². The third-order valence-corrected chi connectivity index (χ3v) is 7.44. The van der Waals surface area contributed by atoms with Crippen LogP contribution in [-0.2, 0) is 29.1 Å². The maximum absolute atomic E-state index is 13.4. The van der Waals surface area contributed by atoms with Gasteiger partial charge in [0.25, 0.3) is 5.91 Å². The molecule has 0 aliphatic carbocycles. The van der Waals surface area contributed by atoms with E-state index in [9.17, 15) is 9.18 Å². The van der Waals surface area contributed by atoms with Gasteiger partial charge in [0, 0.05) is 44.4 Å². The van der Waals surface area contributed by atoms with Crippen LogP contribution in [0.3, 0.4) is 0 Å². The van der Waals surface area contributed by atoms with Crippen molar-refractivity contribution in [1.82, 2.24) is 14.8 Å². The lowest BCUT2D eigenvalue weighted by molar-refractivity contribution is -0.181. The number of piperidine rings is 1. The van der Waals surface area contributed by atoms with Gasteiger partial charge in [-0.2, -0.15) is 0 Å². The molecule has 1 aromatic heterocycles. The highest BCUT2D eigenvalue weighted by atomic mass is 32.1. The first kappa shape index (κ1) is 24.1. The highest BCUT2D eigenvalue weighted by Gasteiger charge is 2.41. The number of amides is 1. The molecule has 8 heteroatoms. The molecule has 0 N–H and O–H groups in total. The first-order valence-electron chi connectivity index (χ1n) is 12.0. The zero-order valence-electron chi connectivity index (χ0n) is 19.9. The number of rotatable bonds is 7. The predicted octanol–water partition coefficient (Wildman–Crippen LogP) is 4.77. The SMILES string of the molecule is Cc1ccc(CN(Cc2ccc(F)cc2)Cc2nc(C(=O)N3CCC4(CC3)OCCO4)cs2)cc1. The molecule has 0 radical (unpaired) electrons. The number of carbonyl (C=O) groups is 1. The Kier molecular flexibility index (Phi) is 7.24. The number of benzene rings is 2. The molecule has 2 aliphatic rings. The normalized spacial score (nSPS) is 17.4. The number of halogens is 1. The van der Waals surface area contributed by atoms with E-state index in [1.165, 1.54) is 34.6 Å². The molecule has 6 nitrogen and oxygen atoms in total. The summed E-state index contributed by atoms with van der Waals surface area (Å²) in [7, 11) is 0. The second-order valence-corrected chi connectivity index (χ2v) is 10.2. The molecule has 0 saturated carbocycles. The first-order valence-corrected chi connectivity index (χ1v) is 12.9. The Hall–Kier alpha value is -2.65. The van der Waals surface area contributed by atoms with Gasteiger partial charge in [-0.05, 0) is 30.2 Å². The van der Waals surface area contributed by atoms with Gasteiger partial charge < -0.3 is 14.4 Å². The molecular formula is C27H30FN3O3S. The number of aryl methyl sites for hydroxylation is 1. The van der Waals surface area contributed by atoms with Gasteiger partial charge in [0.05, 0.1) is 19.8 Å². The maximum atomic E-state index is 13.4. The van der Waals surface area contributed by atoms with Gasteiger partial charge in [-0.25, -0.2) is 9.37 Å². The van der Waals surface area contributed by atoms with Crippen molar-refractivity contribution in [2.45, 2.75) is 45.2 Å². The molecule has 184 valence electrons. The highest BCUT2D eigenvalue weighted by Crippen LogP contribution is 2.32. The van der Waals surface area contributed by atoms with E-state index in [1.807, 2.05) is 22.4 Å². The second-order valence-electron chi connectivity index (χ2n) is 9.28. The maximum Gasteiger partial charge on any atom is 0.273 e. The Morgan fingerprint density at radius 1 is 1.00 bits per heavy atom. The topological polar surface area (TPSA) is 54.9 Å². The van der Waals surface area contributed by atoms with Crippen LogP contribution in [0.1, 0.15) is 45.0 Å². The number of hydrogen-bond acceptors (Lipinski definition) is 6. The van der Waals surface area contributed by atoms with Crippen molar-refractivity contribution in [3.8, 4) is 0 Å². The minimum Gasteiger partial charge on any atom is -0.347 e.